The second-order valence-electron chi connectivity index (χ2n) is 9.72. The van der Waals surface area contributed by atoms with Crippen LogP contribution >= 0.6 is 0 Å². The number of ether oxygens (including phenoxy) is 2. The third kappa shape index (κ3) is 6.34. The first-order valence-corrected chi connectivity index (χ1v) is 11.5. The molecule has 3 rings (SSSR count). The molecule has 0 aliphatic heterocycles. The van der Waals surface area contributed by atoms with Crippen molar-refractivity contribution in [3.05, 3.63) is 58.4 Å². The monoisotopic (exact) mass is 455 g/mol. The maximum Gasteiger partial charge on any atom is 0.408 e. The van der Waals surface area contributed by atoms with Crippen LogP contribution in [0.15, 0.2) is 30.3 Å². The quantitative estimate of drug-likeness (QED) is 0.484. The van der Waals surface area contributed by atoms with E-state index in [0.717, 1.165) is 29.5 Å². The molecule has 1 fully saturated rings. The summed E-state index contributed by atoms with van der Waals surface area (Å²) in [5.41, 5.74) is 4.31. The third-order valence-electron chi connectivity index (χ3n) is 5.64. The number of carbonyl (C=O) groups is 2. The summed E-state index contributed by atoms with van der Waals surface area (Å²) in [7, 11) is 0. The first-order valence-electron chi connectivity index (χ1n) is 11.5. The van der Waals surface area contributed by atoms with Crippen molar-refractivity contribution in [2.75, 3.05) is 6.61 Å². The summed E-state index contributed by atoms with van der Waals surface area (Å²) < 4.78 is 25.9. The van der Waals surface area contributed by atoms with Crippen LogP contribution in [0.1, 0.15) is 81.2 Å². The minimum atomic E-state index is -0.925. The van der Waals surface area contributed by atoms with Gasteiger partial charge in [-0.1, -0.05) is 18.2 Å². The van der Waals surface area contributed by atoms with Crippen LogP contribution in [0, 0.1) is 19.7 Å². The SMILES string of the molecule is CCOC(=O)C[C@H](NC(=O)OC(C)(C)C)c1cc(-c2c(C)cccc2C2CC2)cc(C)c1F. The van der Waals surface area contributed by atoms with Gasteiger partial charge in [0.05, 0.1) is 19.1 Å². The van der Waals surface area contributed by atoms with Gasteiger partial charge in [0.2, 0.25) is 0 Å². The van der Waals surface area contributed by atoms with E-state index in [1.807, 2.05) is 6.07 Å². The van der Waals surface area contributed by atoms with Crippen LogP contribution in [-0.4, -0.2) is 24.3 Å². The Bertz CT molecular complexity index is 1040. The average molecular weight is 456 g/mol. The Hall–Kier alpha value is -2.89. The lowest BCUT2D eigenvalue weighted by Gasteiger charge is -2.25. The molecule has 0 spiro atoms. The van der Waals surface area contributed by atoms with Crippen molar-refractivity contribution in [3.8, 4) is 11.1 Å². The van der Waals surface area contributed by atoms with Gasteiger partial charge in [-0.3, -0.25) is 4.79 Å². The van der Waals surface area contributed by atoms with Crippen LogP contribution in [0.25, 0.3) is 11.1 Å². The molecule has 0 heterocycles. The van der Waals surface area contributed by atoms with Crippen LogP contribution in [0.2, 0.25) is 0 Å². The van der Waals surface area contributed by atoms with Gasteiger partial charge in [-0.05, 0) is 100 Å². The first kappa shape index (κ1) is 24.7. The molecular weight excluding hydrogens is 421 g/mol. The molecule has 0 unspecified atom stereocenters. The van der Waals surface area contributed by atoms with Crippen LogP contribution in [0.4, 0.5) is 9.18 Å². The zero-order chi connectivity index (χ0) is 24.3. The average Bonchev–Trinajstić information content (AvgIpc) is 3.53. The van der Waals surface area contributed by atoms with Crippen LogP contribution in [0.5, 0.6) is 0 Å². The number of rotatable bonds is 7. The summed E-state index contributed by atoms with van der Waals surface area (Å²) >= 11 is 0. The largest absolute Gasteiger partial charge is 0.466 e. The maximum absolute atomic E-state index is 15.4. The number of hydrogen-bond acceptors (Lipinski definition) is 4. The lowest BCUT2D eigenvalue weighted by Crippen LogP contribution is -2.36. The molecule has 1 saturated carbocycles. The second-order valence-corrected chi connectivity index (χ2v) is 9.72. The summed E-state index contributed by atoms with van der Waals surface area (Å²) in [6, 6.07) is 8.89. The molecule has 1 atom stereocenters. The number of halogens is 1. The van der Waals surface area contributed by atoms with Crippen molar-refractivity contribution in [1.29, 1.82) is 0 Å². The summed E-state index contributed by atoms with van der Waals surface area (Å²) in [6.07, 6.45) is 1.38. The number of benzene rings is 2. The zero-order valence-corrected chi connectivity index (χ0v) is 20.4. The fourth-order valence-corrected chi connectivity index (χ4v) is 4.09. The molecule has 6 heteroatoms. The molecule has 1 aliphatic carbocycles. The Balaban J connectivity index is 2.06. The highest BCUT2D eigenvalue weighted by Crippen LogP contribution is 2.46. The highest BCUT2D eigenvalue weighted by atomic mass is 19.1. The Labute approximate surface area is 195 Å². The van der Waals surface area contributed by atoms with E-state index in [2.05, 4.69) is 30.4 Å². The van der Waals surface area contributed by atoms with Gasteiger partial charge < -0.3 is 14.8 Å². The van der Waals surface area contributed by atoms with Gasteiger partial charge in [-0.2, -0.15) is 0 Å². The smallest absolute Gasteiger partial charge is 0.408 e. The number of alkyl carbamates (subject to hydrolysis) is 1. The van der Waals surface area contributed by atoms with Gasteiger partial charge in [-0.25, -0.2) is 9.18 Å². The van der Waals surface area contributed by atoms with E-state index in [1.165, 1.54) is 5.56 Å². The predicted octanol–water partition coefficient (Wildman–Crippen LogP) is 6.51. The molecule has 1 aliphatic rings. The fourth-order valence-electron chi connectivity index (χ4n) is 4.09. The van der Waals surface area contributed by atoms with E-state index >= 15 is 4.39 Å². The molecule has 5 nitrogen and oxygen atoms in total. The molecule has 2 aromatic carbocycles. The highest BCUT2D eigenvalue weighted by Gasteiger charge is 2.29. The Morgan fingerprint density at radius 2 is 1.85 bits per heavy atom. The standard InChI is InChI=1S/C27H34FNO4/c1-7-32-23(30)15-22(29-26(31)33-27(4,5)6)21-14-19(13-17(3)25(21)28)24-16(2)9-8-10-20(24)18-11-12-18/h8-10,13-14,18,22H,7,11-12,15H2,1-6H3,(H,29,31)/t22-/m0/s1. The van der Waals surface area contributed by atoms with Gasteiger partial charge in [0.1, 0.15) is 11.4 Å². The van der Waals surface area contributed by atoms with Gasteiger partial charge in [0.15, 0.2) is 0 Å². The minimum Gasteiger partial charge on any atom is -0.466 e. The number of aryl methyl sites for hydroxylation is 2. The molecular formula is C27H34FNO4. The Morgan fingerprint density at radius 3 is 2.45 bits per heavy atom. The van der Waals surface area contributed by atoms with Crippen molar-refractivity contribution in [1.82, 2.24) is 5.32 Å². The topological polar surface area (TPSA) is 64.6 Å². The van der Waals surface area contributed by atoms with Crippen LogP contribution in [-0.2, 0) is 14.3 Å². The van der Waals surface area contributed by atoms with Gasteiger partial charge >= 0.3 is 12.1 Å². The molecule has 1 N–H and O–H groups in total. The molecule has 0 saturated heterocycles. The minimum absolute atomic E-state index is 0.198. The number of esters is 1. The molecule has 0 bridgehead atoms. The molecule has 178 valence electrons. The van der Waals surface area contributed by atoms with E-state index < -0.39 is 29.5 Å². The highest BCUT2D eigenvalue weighted by molar-refractivity contribution is 5.76. The second kappa shape index (κ2) is 9.94. The van der Waals surface area contributed by atoms with E-state index in [4.69, 9.17) is 9.47 Å². The molecule has 33 heavy (non-hydrogen) atoms. The van der Waals surface area contributed by atoms with E-state index in [-0.39, 0.29) is 18.6 Å². The Kier molecular flexibility index (Phi) is 7.45. The summed E-state index contributed by atoms with van der Waals surface area (Å²) in [6.45, 7) is 10.9. The van der Waals surface area contributed by atoms with Gasteiger partial charge in [0, 0.05) is 5.56 Å². The van der Waals surface area contributed by atoms with Crippen molar-refractivity contribution in [3.63, 3.8) is 0 Å². The van der Waals surface area contributed by atoms with Crippen molar-refractivity contribution >= 4 is 12.1 Å². The van der Waals surface area contributed by atoms with Crippen LogP contribution in [0.3, 0.4) is 0 Å². The van der Waals surface area contributed by atoms with Crippen molar-refractivity contribution < 1.29 is 23.5 Å². The predicted molar refractivity (Wildman–Crippen MR) is 127 cm³/mol. The van der Waals surface area contributed by atoms with Crippen LogP contribution < -0.4 is 5.32 Å². The van der Waals surface area contributed by atoms with E-state index in [1.54, 1.807) is 40.7 Å². The summed E-state index contributed by atoms with van der Waals surface area (Å²) in [4.78, 5) is 24.8. The fraction of sp³-hybridized carbons (Fsp3) is 0.481. The van der Waals surface area contributed by atoms with Crippen molar-refractivity contribution in [2.24, 2.45) is 0 Å². The van der Waals surface area contributed by atoms with E-state index in [0.29, 0.717) is 11.5 Å². The van der Waals surface area contributed by atoms with Gasteiger partial charge in [-0.15, -0.1) is 0 Å². The molecule has 2 aromatic rings. The first-order chi connectivity index (χ1) is 15.5. The lowest BCUT2D eigenvalue weighted by atomic mass is 9.89. The lowest BCUT2D eigenvalue weighted by molar-refractivity contribution is -0.143. The molecule has 1 amide bonds. The molecule has 0 radical (unpaired) electrons. The third-order valence-corrected chi connectivity index (χ3v) is 5.64. The summed E-state index contributed by atoms with van der Waals surface area (Å²) in [5.74, 6) is -0.454. The number of carbonyl (C=O) groups excluding carboxylic acids is 2. The summed E-state index contributed by atoms with van der Waals surface area (Å²) in [5, 5.41) is 2.69. The Morgan fingerprint density at radius 1 is 1.15 bits per heavy atom. The number of hydrogen-bond donors (Lipinski definition) is 1. The van der Waals surface area contributed by atoms with E-state index in [9.17, 15) is 9.59 Å². The van der Waals surface area contributed by atoms with Crippen molar-refractivity contribution in [2.45, 2.75) is 78.4 Å². The molecule has 0 aromatic heterocycles. The number of amides is 1. The normalized spacial score (nSPS) is 14.5. The zero-order valence-electron chi connectivity index (χ0n) is 20.4. The number of nitrogens with one attached hydrogen (secondary N) is 1. The maximum atomic E-state index is 15.4. The van der Waals surface area contributed by atoms with Gasteiger partial charge in [0.25, 0.3) is 0 Å².